The number of rotatable bonds is 3. The summed E-state index contributed by atoms with van der Waals surface area (Å²) >= 11 is 1.42. The maximum atomic E-state index is 12.2. The van der Waals surface area contributed by atoms with Crippen molar-refractivity contribution in [3.05, 3.63) is 43.5 Å². The monoisotopic (exact) mass is 290 g/mol. The predicted octanol–water partition coefficient (Wildman–Crippen LogP) is 0.389. The number of benzene rings is 1. The molecule has 104 valence electrons. The van der Waals surface area contributed by atoms with Crippen LogP contribution in [-0.2, 0) is 6.54 Å². The van der Waals surface area contributed by atoms with Crippen molar-refractivity contribution in [3.8, 4) is 11.5 Å². The molecule has 20 heavy (non-hydrogen) atoms. The zero-order valence-corrected chi connectivity index (χ0v) is 12.1. The Morgan fingerprint density at radius 2 is 2.10 bits per heavy atom. The zero-order chi connectivity index (χ0) is 14.1. The summed E-state index contributed by atoms with van der Waals surface area (Å²) in [7, 11) is 3.19. The third kappa shape index (κ3) is 2.12. The molecule has 0 aliphatic carbocycles. The Morgan fingerprint density at radius 3 is 2.80 bits per heavy atom. The number of ether oxygens (including phenoxy) is 2. The summed E-state index contributed by atoms with van der Waals surface area (Å²) in [6, 6.07) is 5.58. The molecular formula is C14H14N2O3S. The van der Waals surface area contributed by atoms with E-state index in [9.17, 15) is 4.79 Å². The van der Waals surface area contributed by atoms with Crippen LogP contribution in [0.15, 0.2) is 28.0 Å². The van der Waals surface area contributed by atoms with Crippen molar-refractivity contribution in [2.45, 2.75) is 6.54 Å². The number of methoxy groups -OCH3 is 2. The standard InChI is InChI=1S/C14H14N2O3S/c1-18-10-4-3-9(7-11(10)19-2)8-12-13(17)16-6-5-15-14(16)20-12/h3-4,7-8H,5-6H2,1-2H3/b12-8-. The zero-order valence-electron chi connectivity index (χ0n) is 11.3. The molecule has 6 heteroatoms. The highest BCUT2D eigenvalue weighted by Gasteiger charge is 2.10. The normalized spacial score (nSPS) is 14.0. The van der Waals surface area contributed by atoms with Crippen LogP contribution in [0.3, 0.4) is 0 Å². The molecule has 0 saturated heterocycles. The number of thiazole rings is 1. The first-order valence-corrected chi connectivity index (χ1v) is 7.02. The maximum absolute atomic E-state index is 12.2. The van der Waals surface area contributed by atoms with E-state index >= 15 is 0 Å². The molecule has 1 aliphatic heterocycles. The van der Waals surface area contributed by atoms with Crippen molar-refractivity contribution in [1.29, 1.82) is 0 Å². The summed E-state index contributed by atoms with van der Waals surface area (Å²) in [5.41, 5.74) is 0.932. The SMILES string of the molecule is COc1ccc(/C=c2\sc3n(c2=O)CCN=3)cc1OC. The number of aromatic nitrogens is 1. The predicted molar refractivity (Wildman–Crippen MR) is 77.3 cm³/mol. The second-order valence-corrected chi connectivity index (χ2v) is 5.36. The summed E-state index contributed by atoms with van der Waals surface area (Å²) in [5.74, 6) is 1.32. The van der Waals surface area contributed by atoms with Crippen molar-refractivity contribution in [2.75, 3.05) is 20.8 Å². The van der Waals surface area contributed by atoms with E-state index in [1.807, 2.05) is 24.3 Å². The van der Waals surface area contributed by atoms with Crippen molar-refractivity contribution in [1.82, 2.24) is 4.57 Å². The fourth-order valence-corrected chi connectivity index (χ4v) is 3.19. The lowest BCUT2D eigenvalue weighted by Gasteiger charge is -2.07. The quantitative estimate of drug-likeness (QED) is 0.821. The fourth-order valence-electron chi connectivity index (χ4n) is 2.16. The molecular weight excluding hydrogens is 276 g/mol. The molecule has 0 radical (unpaired) electrons. The Morgan fingerprint density at radius 1 is 1.30 bits per heavy atom. The Hall–Kier alpha value is -2.08. The van der Waals surface area contributed by atoms with Crippen LogP contribution < -0.4 is 24.4 Å². The van der Waals surface area contributed by atoms with Crippen LogP contribution in [0, 0.1) is 0 Å². The highest BCUT2D eigenvalue weighted by molar-refractivity contribution is 7.07. The summed E-state index contributed by atoms with van der Waals surface area (Å²) in [4.78, 5) is 17.3. The highest BCUT2D eigenvalue weighted by Crippen LogP contribution is 2.27. The van der Waals surface area contributed by atoms with Gasteiger partial charge in [0.15, 0.2) is 16.3 Å². The van der Waals surface area contributed by atoms with Gasteiger partial charge in [0.1, 0.15) is 0 Å². The number of hydrogen-bond acceptors (Lipinski definition) is 5. The van der Waals surface area contributed by atoms with Gasteiger partial charge in [0.05, 0.1) is 25.3 Å². The van der Waals surface area contributed by atoms with Gasteiger partial charge in [-0.15, -0.1) is 0 Å². The molecule has 1 aromatic heterocycles. The Balaban J connectivity index is 2.11. The second-order valence-electron chi connectivity index (χ2n) is 4.35. The third-order valence-corrected chi connectivity index (χ3v) is 4.21. The van der Waals surface area contributed by atoms with E-state index in [0.717, 1.165) is 10.4 Å². The van der Waals surface area contributed by atoms with Gasteiger partial charge in [-0.1, -0.05) is 17.4 Å². The second kappa shape index (κ2) is 5.13. The lowest BCUT2D eigenvalue weighted by molar-refractivity contribution is 0.355. The van der Waals surface area contributed by atoms with Gasteiger partial charge in [-0.25, -0.2) is 0 Å². The van der Waals surface area contributed by atoms with Crippen molar-refractivity contribution < 1.29 is 9.47 Å². The first-order chi connectivity index (χ1) is 9.72. The molecule has 1 aromatic carbocycles. The van der Waals surface area contributed by atoms with Gasteiger partial charge < -0.3 is 9.47 Å². The van der Waals surface area contributed by atoms with E-state index < -0.39 is 0 Å². The van der Waals surface area contributed by atoms with Gasteiger partial charge in [0.2, 0.25) is 0 Å². The number of hydrogen-bond donors (Lipinski definition) is 0. The summed E-state index contributed by atoms with van der Waals surface area (Å²) in [5, 5.41) is 0. The Bertz CT molecular complexity index is 820. The van der Waals surface area contributed by atoms with Crippen molar-refractivity contribution >= 4 is 17.4 Å². The van der Waals surface area contributed by atoms with Crippen LogP contribution in [0.5, 0.6) is 11.5 Å². The van der Waals surface area contributed by atoms with Gasteiger partial charge in [0.25, 0.3) is 5.56 Å². The molecule has 0 atom stereocenters. The minimum atomic E-state index is 0.0287. The van der Waals surface area contributed by atoms with E-state index in [4.69, 9.17) is 9.47 Å². The average Bonchev–Trinajstić information content (AvgIpc) is 3.03. The van der Waals surface area contributed by atoms with E-state index in [1.54, 1.807) is 18.8 Å². The first-order valence-electron chi connectivity index (χ1n) is 6.21. The summed E-state index contributed by atoms with van der Waals surface area (Å²) < 4.78 is 12.9. The molecule has 0 unspecified atom stereocenters. The van der Waals surface area contributed by atoms with Gasteiger partial charge in [-0.3, -0.25) is 14.4 Å². The van der Waals surface area contributed by atoms with E-state index in [-0.39, 0.29) is 5.56 Å². The summed E-state index contributed by atoms with van der Waals surface area (Å²) in [6.07, 6.45) is 1.86. The van der Waals surface area contributed by atoms with Crippen molar-refractivity contribution in [2.24, 2.45) is 4.99 Å². The molecule has 1 aliphatic rings. The van der Waals surface area contributed by atoms with Crippen LogP contribution >= 0.6 is 11.3 Å². The lowest BCUT2D eigenvalue weighted by Crippen LogP contribution is -2.29. The van der Waals surface area contributed by atoms with Crippen LogP contribution in [0.25, 0.3) is 6.08 Å². The van der Waals surface area contributed by atoms with E-state index in [1.165, 1.54) is 11.3 Å². The highest BCUT2D eigenvalue weighted by atomic mass is 32.1. The minimum absolute atomic E-state index is 0.0287. The van der Waals surface area contributed by atoms with Crippen LogP contribution in [0.4, 0.5) is 0 Å². The topological polar surface area (TPSA) is 52.8 Å². The molecule has 0 fully saturated rings. The Labute approximate surface area is 119 Å². The summed E-state index contributed by atoms with van der Waals surface area (Å²) in [6.45, 7) is 1.39. The molecule has 3 rings (SSSR count). The van der Waals surface area contributed by atoms with Gasteiger partial charge in [-0.2, -0.15) is 0 Å². The van der Waals surface area contributed by atoms with Crippen LogP contribution in [-0.4, -0.2) is 25.3 Å². The molecule has 0 amide bonds. The molecule has 2 heterocycles. The fraction of sp³-hybridized carbons (Fsp3) is 0.286. The van der Waals surface area contributed by atoms with Crippen LogP contribution in [0.1, 0.15) is 5.56 Å². The molecule has 2 aromatic rings. The first kappa shape index (κ1) is 12.9. The van der Waals surface area contributed by atoms with E-state index in [2.05, 4.69) is 4.99 Å². The Kier molecular flexibility index (Phi) is 3.31. The number of fused-ring (bicyclic) bond motifs is 1. The molecule has 5 nitrogen and oxygen atoms in total. The largest absolute Gasteiger partial charge is 0.493 e. The lowest BCUT2D eigenvalue weighted by atomic mass is 10.2. The van der Waals surface area contributed by atoms with Crippen LogP contribution in [0.2, 0.25) is 0 Å². The third-order valence-electron chi connectivity index (χ3n) is 3.16. The molecule has 0 bridgehead atoms. The smallest absolute Gasteiger partial charge is 0.270 e. The van der Waals surface area contributed by atoms with Gasteiger partial charge in [-0.05, 0) is 23.8 Å². The van der Waals surface area contributed by atoms with Gasteiger partial charge >= 0.3 is 0 Å². The maximum Gasteiger partial charge on any atom is 0.270 e. The minimum Gasteiger partial charge on any atom is -0.493 e. The average molecular weight is 290 g/mol. The molecule has 0 saturated carbocycles. The molecule has 0 spiro atoms. The van der Waals surface area contributed by atoms with Gasteiger partial charge in [0, 0.05) is 6.54 Å². The van der Waals surface area contributed by atoms with Crippen molar-refractivity contribution in [3.63, 3.8) is 0 Å². The molecule has 0 N–H and O–H groups in total. The number of nitrogens with zero attached hydrogens (tertiary/aromatic N) is 2. The van der Waals surface area contributed by atoms with E-state index in [0.29, 0.717) is 29.1 Å².